The first-order valence-electron chi connectivity index (χ1n) is 7.92. The summed E-state index contributed by atoms with van der Waals surface area (Å²) in [5, 5.41) is 2.47. The summed E-state index contributed by atoms with van der Waals surface area (Å²) in [4.78, 5) is 24.2. The Morgan fingerprint density at radius 1 is 1.11 bits per heavy atom. The van der Waals surface area contributed by atoms with E-state index in [9.17, 15) is 22.4 Å². The molecule has 0 unspecified atom stereocenters. The fourth-order valence-electron chi connectivity index (χ4n) is 2.09. The van der Waals surface area contributed by atoms with Crippen molar-refractivity contribution in [2.24, 2.45) is 0 Å². The molecule has 7 nitrogen and oxygen atoms in total. The van der Waals surface area contributed by atoms with Crippen molar-refractivity contribution in [1.29, 1.82) is 0 Å². The van der Waals surface area contributed by atoms with Gasteiger partial charge in [0.05, 0.1) is 10.5 Å². The van der Waals surface area contributed by atoms with Crippen LogP contribution in [0.15, 0.2) is 53.4 Å². The van der Waals surface area contributed by atoms with Gasteiger partial charge in [0.25, 0.3) is 5.91 Å². The lowest BCUT2D eigenvalue weighted by molar-refractivity contribution is -0.123. The van der Waals surface area contributed by atoms with Crippen molar-refractivity contribution in [3.63, 3.8) is 0 Å². The Hall–Kier alpha value is -2.78. The van der Waals surface area contributed by atoms with E-state index in [2.05, 4.69) is 5.32 Å². The van der Waals surface area contributed by atoms with Crippen LogP contribution in [0.4, 0.5) is 10.1 Å². The van der Waals surface area contributed by atoms with Gasteiger partial charge in [0.2, 0.25) is 10.0 Å². The molecule has 1 N–H and O–H groups in total. The number of nitrogens with zero attached hydrogens (tertiary/aromatic N) is 1. The van der Waals surface area contributed by atoms with Crippen molar-refractivity contribution < 1.29 is 27.1 Å². The fraction of sp³-hybridized carbons (Fsp3) is 0.222. The monoisotopic (exact) mass is 394 g/mol. The average Bonchev–Trinajstić information content (AvgIpc) is 2.62. The van der Waals surface area contributed by atoms with Crippen molar-refractivity contribution in [1.82, 2.24) is 4.31 Å². The third-order valence-corrected chi connectivity index (χ3v) is 5.44. The molecule has 0 saturated carbocycles. The first-order chi connectivity index (χ1) is 12.6. The van der Waals surface area contributed by atoms with E-state index in [4.69, 9.17) is 4.74 Å². The second-order valence-corrected chi connectivity index (χ2v) is 7.98. The summed E-state index contributed by atoms with van der Waals surface area (Å²) in [6.45, 7) is 1.33. The fourth-order valence-corrected chi connectivity index (χ4v) is 3.04. The molecule has 2 aromatic rings. The zero-order valence-electron chi connectivity index (χ0n) is 15.0. The number of sulfonamides is 1. The number of anilines is 1. The Labute approximate surface area is 156 Å². The Morgan fingerprint density at radius 2 is 1.78 bits per heavy atom. The number of nitrogens with one attached hydrogen (secondary N) is 1. The molecule has 0 bridgehead atoms. The summed E-state index contributed by atoms with van der Waals surface area (Å²) >= 11 is 0. The van der Waals surface area contributed by atoms with Crippen LogP contribution in [0.2, 0.25) is 0 Å². The molecule has 1 amide bonds. The molecule has 0 fully saturated rings. The number of ether oxygens (including phenoxy) is 1. The van der Waals surface area contributed by atoms with Gasteiger partial charge in [-0.1, -0.05) is 18.2 Å². The van der Waals surface area contributed by atoms with Crippen LogP contribution in [0.5, 0.6) is 0 Å². The number of esters is 1. The van der Waals surface area contributed by atoms with Crippen LogP contribution in [-0.2, 0) is 19.6 Å². The first-order valence-corrected chi connectivity index (χ1v) is 9.36. The molecule has 144 valence electrons. The largest absolute Gasteiger partial charge is 0.449 e. The van der Waals surface area contributed by atoms with Gasteiger partial charge in [-0.25, -0.2) is 21.9 Å². The molecule has 0 heterocycles. The minimum atomic E-state index is -3.66. The molecule has 1 atom stereocenters. The summed E-state index contributed by atoms with van der Waals surface area (Å²) in [6, 6.07) is 10.9. The number of hydrogen-bond acceptors (Lipinski definition) is 5. The zero-order chi connectivity index (χ0) is 20.2. The van der Waals surface area contributed by atoms with E-state index in [-0.39, 0.29) is 16.1 Å². The maximum atomic E-state index is 13.6. The molecule has 2 rings (SSSR count). The molecule has 0 aliphatic carbocycles. The van der Waals surface area contributed by atoms with Crippen LogP contribution in [-0.4, -0.2) is 44.8 Å². The van der Waals surface area contributed by atoms with Gasteiger partial charge in [0, 0.05) is 19.8 Å². The minimum absolute atomic E-state index is 0.00121. The standard InChI is InChI=1S/C18H19FN2O5S/c1-12(26-18(23)15-9-4-5-10-16(15)19)17(22)20-13-7-6-8-14(11-13)27(24,25)21(2)3/h4-12H,1-3H3,(H,20,22)/t12-/m1/s1. The number of hydrogen-bond donors (Lipinski definition) is 1. The molecule has 0 aromatic heterocycles. The second kappa shape index (κ2) is 8.28. The number of rotatable bonds is 6. The Balaban J connectivity index is 2.09. The third-order valence-electron chi connectivity index (χ3n) is 3.63. The molecule has 0 spiro atoms. The van der Waals surface area contributed by atoms with Gasteiger partial charge in [-0.05, 0) is 37.3 Å². The van der Waals surface area contributed by atoms with Crippen LogP contribution in [0, 0.1) is 5.82 Å². The lowest BCUT2D eigenvalue weighted by Crippen LogP contribution is -2.30. The van der Waals surface area contributed by atoms with E-state index in [1.807, 2.05) is 0 Å². The molecular weight excluding hydrogens is 375 g/mol. The summed E-state index contributed by atoms with van der Waals surface area (Å²) in [5.74, 6) is -2.41. The molecule has 9 heteroatoms. The summed E-state index contributed by atoms with van der Waals surface area (Å²) in [5.41, 5.74) is -0.0621. The van der Waals surface area contributed by atoms with Crippen molar-refractivity contribution >= 4 is 27.6 Å². The predicted octanol–water partition coefficient (Wildman–Crippen LogP) is 2.26. The third kappa shape index (κ3) is 4.89. The van der Waals surface area contributed by atoms with E-state index in [0.717, 1.165) is 10.4 Å². The Kier molecular flexibility index (Phi) is 6.29. The number of carbonyl (C=O) groups is 2. The van der Waals surface area contributed by atoms with Crippen molar-refractivity contribution in [2.45, 2.75) is 17.9 Å². The summed E-state index contributed by atoms with van der Waals surface area (Å²) in [7, 11) is -0.873. The average molecular weight is 394 g/mol. The SMILES string of the molecule is C[C@@H](OC(=O)c1ccccc1F)C(=O)Nc1cccc(S(=O)(=O)N(C)C)c1. The van der Waals surface area contributed by atoms with E-state index < -0.39 is 33.8 Å². The highest BCUT2D eigenvalue weighted by atomic mass is 32.2. The smallest absolute Gasteiger partial charge is 0.341 e. The molecule has 0 aliphatic rings. The Morgan fingerprint density at radius 3 is 2.41 bits per heavy atom. The quantitative estimate of drug-likeness (QED) is 0.759. The van der Waals surface area contributed by atoms with Crippen molar-refractivity contribution in [2.75, 3.05) is 19.4 Å². The molecule has 27 heavy (non-hydrogen) atoms. The van der Waals surface area contributed by atoms with Crippen LogP contribution in [0.25, 0.3) is 0 Å². The molecule has 0 radical (unpaired) electrons. The van der Waals surface area contributed by atoms with Gasteiger partial charge >= 0.3 is 5.97 Å². The highest BCUT2D eigenvalue weighted by molar-refractivity contribution is 7.89. The van der Waals surface area contributed by atoms with Gasteiger partial charge in [0.1, 0.15) is 5.82 Å². The van der Waals surface area contributed by atoms with Crippen molar-refractivity contribution in [3.8, 4) is 0 Å². The van der Waals surface area contributed by atoms with Crippen LogP contribution >= 0.6 is 0 Å². The van der Waals surface area contributed by atoms with Crippen LogP contribution in [0.1, 0.15) is 17.3 Å². The summed E-state index contributed by atoms with van der Waals surface area (Å²) in [6.07, 6.45) is -1.22. The first kappa shape index (κ1) is 20.5. The molecule has 0 saturated heterocycles. The minimum Gasteiger partial charge on any atom is -0.449 e. The zero-order valence-corrected chi connectivity index (χ0v) is 15.8. The molecule has 0 aliphatic heterocycles. The van der Waals surface area contributed by atoms with Gasteiger partial charge in [-0.3, -0.25) is 4.79 Å². The number of carbonyl (C=O) groups excluding carboxylic acids is 2. The number of amides is 1. The normalized spacial score (nSPS) is 12.5. The second-order valence-electron chi connectivity index (χ2n) is 5.83. The number of benzene rings is 2. The lowest BCUT2D eigenvalue weighted by atomic mass is 10.2. The number of halogens is 1. The van der Waals surface area contributed by atoms with E-state index >= 15 is 0 Å². The van der Waals surface area contributed by atoms with Crippen LogP contribution < -0.4 is 5.32 Å². The molecule has 2 aromatic carbocycles. The highest BCUT2D eigenvalue weighted by Gasteiger charge is 2.22. The predicted molar refractivity (Wildman–Crippen MR) is 97.2 cm³/mol. The van der Waals surface area contributed by atoms with Gasteiger partial charge in [-0.2, -0.15) is 0 Å². The van der Waals surface area contributed by atoms with Gasteiger partial charge < -0.3 is 10.1 Å². The summed E-state index contributed by atoms with van der Waals surface area (Å²) < 4.78 is 43.9. The lowest BCUT2D eigenvalue weighted by Gasteiger charge is -2.15. The topological polar surface area (TPSA) is 92.8 Å². The van der Waals surface area contributed by atoms with Gasteiger partial charge in [0.15, 0.2) is 6.10 Å². The van der Waals surface area contributed by atoms with E-state index in [1.54, 1.807) is 0 Å². The maximum absolute atomic E-state index is 13.6. The van der Waals surface area contributed by atoms with E-state index in [0.29, 0.717) is 0 Å². The van der Waals surface area contributed by atoms with Gasteiger partial charge in [-0.15, -0.1) is 0 Å². The van der Waals surface area contributed by atoms with Crippen LogP contribution in [0.3, 0.4) is 0 Å². The van der Waals surface area contributed by atoms with E-state index in [1.165, 1.54) is 63.5 Å². The Bertz CT molecular complexity index is 960. The maximum Gasteiger partial charge on any atom is 0.341 e. The van der Waals surface area contributed by atoms with Crippen molar-refractivity contribution in [3.05, 3.63) is 59.9 Å². The molecular formula is C18H19FN2O5S. The highest BCUT2D eigenvalue weighted by Crippen LogP contribution is 2.18.